The zero-order valence-electron chi connectivity index (χ0n) is 8.43. The van der Waals surface area contributed by atoms with E-state index in [1.54, 1.807) is 7.11 Å². The van der Waals surface area contributed by atoms with Crippen molar-refractivity contribution < 1.29 is 19.7 Å². The summed E-state index contributed by atoms with van der Waals surface area (Å²) in [6, 6.07) is 0. The summed E-state index contributed by atoms with van der Waals surface area (Å²) in [7, 11) is 3.10. The minimum Gasteiger partial charge on any atom is -0.390 e. The molecule has 0 aliphatic heterocycles. The fraction of sp³-hybridized carbons (Fsp3) is 1.00. The van der Waals surface area contributed by atoms with Crippen molar-refractivity contribution >= 4 is 31.9 Å². The second-order valence-electron chi connectivity index (χ2n) is 4.11. The first kappa shape index (κ1) is 12.3. The Bertz CT molecular complexity index is 258. The van der Waals surface area contributed by atoms with Crippen LogP contribution in [-0.4, -0.2) is 52.1 Å². The third kappa shape index (κ3) is 1.61. The summed E-state index contributed by atoms with van der Waals surface area (Å²) in [5.41, 5.74) is 0. The summed E-state index contributed by atoms with van der Waals surface area (Å²) in [5, 5.41) is 19.8. The highest BCUT2D eigenvalue weighted by Gasteiger charge is 2.73. The van der Waals surface area contributed by atoms with Crippen LogP contribution in [0.3, 0.4) is 0 Å². The van der Waals surface area contributed by atoms with Gasteiger partial charge in [0.25, 0.3) is 0 Å². The summed E-state index contributed by atoms with van der Waals surface area (Å²) in [5.74, 6) is 0.0784. The van der Waals surface area contributed by atoms with Gasteiger partial charge in [0.05, 0.1) is 15.4 Å². The number of hydrogen-bond acceptors (Lipinski definition) is 4. The van der Waals surface area contributed by atoms with E-state index in [1.807, 2.05) is 0 Å². The number of hydrogen-bond donors (Lipinski definition) is 2. The van der Waals surface area contributed by atoms with E-state index in [-0.39, 0.29) is 21.2 Å². The van der Waals surface area contributed by atoms with E-state index < -0.39 is 18.3 Å². The Kier molecular flexibility index (Phi) is 3.21. The Morgan fingerprint density at radius 2 is 1.47 bits per heavy atom. The van der Waals surface area contributed by atoms with Gasteiger partial charge in [-0.05, 0) is 0 Å². The highest BCUT2D eigenvalue weighted by molar-refractivity contribution is 9.25. The van der Waals surface area contributed by atoms with E-state index in [9.17, 15) is 10.2 Å². The molecule has 2 N–H and O–H groups in total. The molecule has 2 aliphatic carbocycles. The molecule has 15 heavy (non-hydrogen) atoms. The summed E-state index contributed by atoms with van der Waals surface area (Å²) >= 11 is 6.99. The average molecular weight is 346 g/mol. The van der Waals surface area contributed by atoms with Gasteiger partial charge in [-0.3, -0.25) is 0 Å². The van der Waals surface area contributed by atoms with Gasteiger partial charge in [-0.15, -0.1) is 0 Å². The van der Waals surface area contributed by atoms with E-state index >= 15 is 0 Å². The number of aliphatic hydroxyl groups is 2. The fourth-order valence-electron chi connectivity index (χ4n) is 2.60. The normalized spacial score (nSPS) is 52.4. The first-order valence-electron chi connectivity index (χ1n) is 4.76. The lowest BCUT2D eigenvalue weighted by Crippen LogP contribution is -2.52. The van der Waals surface area contributed by atoms with Gasteiger partial charge in [0.1, 0.15) is 12.2 Å². The molecule has 0 heterocycles. The van der Waals surface area contributed by atoms with Crippen molar-refractivity contribution in [3.05, 3.63) is 0 Å². The molecule has 6 atom stereocenters. The fourth-order valence-corrected chi connectivity index (χ4v) is 4.54. The molecule has 0 bridgehead atoms. The lowest BCUT2D eigenvalue weighted by Gasteiger charge is -2.35. The van der Waals surface area contributed by atoms with Gasteiger partial charge in [0.15, 0.2) is 0 Å². The largest absolute Gasteiger partial charge is 0.390 e. The molecule has 0 amide bonds. The van der Waals surface area contributed by atoms with Crippen molar-refractivity contribution in [3.8, 4) is 0 Å². The van der Waals surface area contributed by atoms with Crippen LogP contribution < -0.4 is 0 Å². The highest BCUT2D eigenvalue weighted by atomic mass is 79.9. The van der Waals surface area contributed by atoms with E-state index in [2.05, 4.69) is 31.9 Å². The minimum absolute atomic E-state index is 0.0381. The molecule has 2 saturated carbocycles. The summed E-state index contributed by atoms with van der Waals surface area (Å²) in [4.78, 5) is 0. The summed E-state index contributed by atoms with van der Waals surface area (Å²) in [6.07, 6.45) is -2.39. The van der Waals surface area contributed by atoms with Crippen LogP contribution in [-0.2, 0) is 9.47 Å². The van der Waals surface area contributed by atoms with Gasteiger partial charge >= 0.3 is 0 Å². The zero-order valence-corrected chi connectivity index (χ0v) is 11.6. The predicted octanol–water partition coefficient (Wildman–Crippen LogP) is 0.484. The molecule has 88 valence electrons. The standard InChI is InChI=1S/C9H14Br2O4/c1-14-7-4-3(9(4,10)11)5(12)6(13)8(7)15-2/h3-8,12-13H,1-2H3/t3-,4+,5+,6+,7-,8+/m1/s1. The first-order chi connectivity index (χ1) is 6.96. The van der Waals surface area contributed by atoms with Crippen LogP contribution in [0.4, 0.5) is 0 Å². The molecule has 0 radical (unpaired) electrons. The van der Waals surface area contributed by atoms with Gasteiger partial charge < -0.3 is 19.7 Å². The SMILES string of the molecule is CO[C@H]1[C@@H](O)[C@@H](O)[C@H]2[C@@H]([C@H]1OC)C2(Br)Br. The number of ether oxygens (including phenoxy) is 2. The van der Waals surface area contributed by atoms with Crippen LogP contribution >= 0.6 is 31.9 Å². The predicted molar refractivity (Wildman–Crippen MR) is 61.2 cm³/mol. The number of rotatable bonds is 2. The molecule has 6 heteroatoms. The molecular weight excluding hydrogens is 332 g/mol. The van der Waals surface area contributed by atoms with Crippen molar-refractivity contribution in [3.63, 3.8) is 0 Å². The Morgan fingerprint density at radius 1 is 0.933 bits per heavy atom. The van der Waals surface area contributed by atoms with Gasteiger partial charge in [0, 0.05) is 26.1 Å². The van der Waals surface area contributed by atoms with Gasteiger partial charge in [0.2, 0.25) is 0 Å². The monoisotopic (exact) mass is 344 g/mol. The second kappa shape index (κ2) is 3.92. The van der Waals surface area contributed by atoms with Crippen LogP contribution in [0.15, 0.2) is 0 Å². The van der Waals surface area contributed by atoms with Crippen molar-refractivity contribution in [1.82, 2.24) is 0 Å². The molecule has 0 aromatic carbocycles. The number of fused-ring (bicyclic) bond motifs is 1. The average Bonchev–Trinajstić information content (AvgIpc) is 2.75. The molecule has 2 fully saturated rings. The lowest BCUT2D eigenvalue weighted by atomic mass is 9.89. The Morgan fingerprint density at radius 3 is 1.93 bits per heavy atom. The van der Waals surface area contributed by atoms with Crippen LogP contribution in [0.25, 0.3) is 0 Å². The number of methoxy groups -OCH3 is 2. The molecule has 0 spiro atoms. The first-order valence-corrected chi connectivity index (χ1v) is 6.35. The molecule has 0 aromatic heterocycles. The third-order valence-corrected chi connectivity index (χ3v) is 5.56. The van der Waals surface area contributed by atoms with Gasteiger partial charge in [-0.2, -0.15) is 0 Å². The van der Waals surface area contributed by atoms with E-state index in [4.69, 9.17) is 9.47 Å². The molecular formula is C9H14Br2O4. The Balaban J connectivity index is 2.25. The molecule has 2 aliphatic rings. The second-order valence-corrected chi connectivity index (χ2v) is 7.80. The Hall–Kier alpha value is 0.800. The topological polar surface area (TPSA) is 58.9 Å². The summed E-state index contributed by atoms with van der Waals surface area (Å²) < 4.78 is 10.2. The number of alkyl halides is 2. The van der Waals surface area contributed by atoms with E-state index in [1.165, 1.54) is 7.11 Å². The van der Waals surface area contributed by atoms with Crippen molar-refractivity contribution in [1.29, 1.82) is 0 Å². The number of halogens is 2. The highest BCUT2D eigenvalue weighted by Crippen LogP contribution is 2.68. The van der Waals surface area contributed by atoms with Crippen LogP contribution in [0.1, 0.15) is 0 Å². The lowest BCUT2D eigenvalue weighted by molar-refractivity contribution is -0.161. The zero-order chi connectivity index (χ0) is 11.4. The Labute approximate surface area is 105 Å². The third-order valence-electron chi connectivity index (χ3n) is 3.44. The van der Waals surface area contributed by atoms with E-state index in [0.29, 0.717) is 0 Å². The molecule has 4 nitrogen and oxygen atoms in total. The van der Waals surface area contributed by atoms with Crippen molar-refractivity contribution in [2.24, 2.45) is 11.8 Å². The molecule has 0 saturated heterocycles. The van der Waals surface area contributed by atoms with Crippen molar-refractivity contribution in [2.75, 3.05) is 14.2 Å². The maximum atomic E-state index is 9.89. The maximum Gasteiger partial charge on any atom is 0.112 e. The number of aliphatic hydroxyl groups excluding tert-OH is 2. The van der Waals surface area contributed by atoms with Crippen LogP contribution in [0, 0.1) is 11.8 Å². The minimum atomic E-state index is -0.904. The van der Waals surface area contributed by atoms with Crippen LogP contribution in [0.2, 0.25) is 0 Å². The smallest absolute Gasteiger partial charge is 0.112 e. The molecule has 0 aromatic rings. The van der Waals surface area contributed by atoms with Gasteiger partial charge in [-0.25, -0.2) is 0 Å². The quantitative estimate of drug-likeness (QED) is 0.715. The molecule has 0 unspecified atom stereocenters. The van der Waals surface area contributed by atoms with Crippen molar-refractivity contribution in [2.45, 2.75) is 27.6 Å². The van der Waals surface area contributed by atoms with E-state index in [0.717, 1.165) is 0 Å². The van der Waals surface area contributed by atoms with Gasteiger partial charge in [-0.1, -0.05) is 31.9 Å². The molecule has 2 rings (SSSR count). The summed E-state index contributed by atoms with van der Waals surface area (Å²) in [6.45, 7) is 0. The maximum absolute atomic E-state index is 9.89. The van der Waals surface area contributed by atoms with Crippen LogP contribution in [0.5, 0.6) is 0 Å².